The first kappa shape index (κ1) is 13.2. The summed E-state index contributed by atoms with van der Waals surface area (Å²) in [4.78, 5) is 0. The second-order valence-electron chi connectivity index (χ2n) is 4.32. The highest BCUT2D eigenvalue weighted by Crippen LogP contribution is 2.05. The fraction of sp³-hybridized carbons (Fsp3) is 0.571. The van der Waals surface area contributed by atoms with Gasteiger partial charge in [0.15, 0.2) is 0 Å². The van der Waals surface area contributed by atoms with Crippen molar-refractivity contribution in [2.45, 2.75) is 45.7 Å². The molecule has 2 nitrogen and oxygen atoms in total. The van der Waals surface area contributed by atoms with E-state index in [1.807, 2.05) is 0 Å². The number of aliphatic hydroxyl groups is 1. The van der Waals surface area contributed by atoms with Crippen molar-refractivity contribution >= 4 is 0 Å². The molecular weight excluding hydrogens is 198 g/mol. The van der Waals surface area contributed by atoms with Gasteiger partial charge in [0.25, 0.3) is 0 Å². The van der Waals surface area contributed by atoms with Gasteiger partial charge >= 0.3 is 0 Å². The number of hydrogen-bond acceptors (Lipinski definition) is 2. The molecule has 0 aliphatic rings. The summed E-state index contributed by atoms with van der Waals surface area (Å²) in [7, 11) is 0. The summed E-state index contributed by atoms with van der Waals surface area (Å²) in [5.74, 6) is 0. The molecule has 16 heavy (non-hydrogen) atoms. The minimum atomic E-state index is 0.289. The van der Waals surface area contributed by atoms with Crippen LogP contribution in [-0.2, 0) is 13.0 Å². The van der Waals surface area contributed by atoms with Gasteiger partial charge in [-0.2, -0.15) is 0 Å². The Hall–Kier alpha value is -0.860. The lowest BCUT2D eigenvalue weighted by molar-refractivity contribution is 0.276. The summed E-state index contributed by atoms with van der Waals surface area (Å²) < 4.78 is 0. The third-order valence-electron chi connectivity index (χ3n) is 2.88. The fourth-order valence-corrected chi connectivity index (χ4v) is 1.68. The van der Waals surface area contributed by atoms with Crippen molar-refractivity contribution in [1.82, 2.24) is 5.32 Å². The van der Waals surface area contributed by atoms with Crippen LogP contribution in [0.2, 0.25) is 0 Å². The highest BCUT2D eigenvalue weighted by atomic mass is 16.2. The van der Waals surface area contributed by atoms with Gasteiger partial charge in [-0.05, 0) is 37.3 Å². The average molecular weight is 221 g/mol. The van der Waals surface area contributed by atoms with E-state index in [2.05, 4.69) is 43.4 Å². The van der Waals surface area contributed by atoms with E-state index >= 15 is 0 Å². The van der Waals surface area contributed by atoms with E-state index in [9.17, 15) is 0 Å². The van der Waals surface area contributed by atoms with E-state index in [1.165, 1.54) is 11.1 Å². The second-order valence-corrected chi connectivity index (χ2v) is 4.32. The molecule has 0 fully saturated rings. The molecule has 0 saturated carbocycles. The van der Waals surface area contributed by atoms with Gasteiger partial charge in [-0.25, -0.2) is 0 Å². The van der Waals surface area contributed by atoms with E-state index in [0.29, 0.717) is 6.04 Å². The number of benzene rings is 1. The maximum Gasteiger partial charge on any atom is 0.0431 e. The molecule has 0 radical (unpaired) electrons. The van der Waals surface area contributed by atoms with Crippen LogP contribution in [0.5, 0.6) is 0 Å². The van der Waals surface area contributed by atoms with Crippen molar-refractivity contribution < 1.29 is 5.11 Å². The lowest BCUT2D eigenvalue weighted by atomic mass is 10.1. The maximum absolute atomic E-state index is 8.73. The van der Waals surface area contributed by atoms with Crippen molar-refractivity contribution in [2.75, 3.05) is 6.61 Å². The van der Waals surface area contributed by atoms with Crippen LogP contribution in [0.15, 0.2) is 24.3 Å². The third kappa shape index (κ3) is 4.77. The van der Waals surface area contributed by atoms with Gasteiger partial charge in [-0.1, -0.05) is 31.2 Å². The summed E-state index contributed by atoms with van der Waals surface area (Å²) in [6, 6.07) is 9.22. The van der Waals surface area contributed by atoms with Crippen molar-refractivity contribution in [2.24, 2.45) is 0 Å². The minimum absolute atomic E-state index is 0.289. The molecule has 0 aromatic heterocycles. The summed E-state index contributed by atoms with van der Waals surface area (Å²) in [6.45, 7) is 5.54. The molecule has 2 heteroatoms. The van der Waals surface area contributed by atoms with Crippen LogP contribution < -0.4 is 5.32 Å². The van der Waals surface area contributed by atoms with Crippen LogP contribution in [0.25, 0.3) is 0 Å². The van der Waals surface area contributed by atoms with Crippen molar-refractivity contribution in [3.63, 3.8) is 0 Å². The molecule has 1 unspecified atom stereocenters. The summed E-state index contributed by atoms with van der Waals surface area (Å²) in [6.07, 6.45) is 3.01. The normalized spacial score (nSPS) is 12.7. The molecule has 0 bridgehead atoms. The second kappa shape index (κ2) is 7.42. The average Bonchev–Trinajstić information content (AvgIpc) is 2.34. The van der Waals surface area contributed by atoms with Gasteiger partial charge in [0.2, 0.25) is 0 Å². The SMILES string of the molecule is CCc1ccc(CNC(C)CCCO)cc1. The molecule has 1 atom stereocenters. The Morgan fingerprint density at radius 2 is 1.81 bits per heavy atom. The van der Waals surface area contributed by atoms with Crippen LogP contribution in [0.1, 0.15) is 37.8 Å². The largest absolute Gasteiger partial charge is 0.396 e. The Bertz CT molecular complexity index is 281. The third-order valence-corrected chi connectivity index (χ3v) is 2.88. The standard InChI is InChI=1S/C14H23NO/c1-3-13-6-8-14(9-7-13)11-15-12(2)5-4-10-16/h6-9,12,15-16H,3-5,10-11H2,1-2H3. The molecule has 0 aliphatic heterocycles. The predicted octanol–water partition coefficient (Wildman–Crippen LogP) is 2.50. The van der Waals surface area contributed by atoms with Crippen molar-refractivity contribution in [3.05, 3.63) is 35.4 Å². The smallest absolute Gasteiger partial charge is 0.0431 e. The van der Waals surface area contributed by atoms with Crippen LogP contribution in [0, 0.1) is 0 Å². The molecule has 2 N–H and O–H groups in total. The molecule has 1 aromatic carbocycles. The van der Waals surface area contributed by atoms with Gasteiger partial charge in [0, 0.05) is 19.2 Å². The van der Waals surface area contributed by atoms with E-state index in [1.54, 1.807) is 0 Å². The Kier molecular flexibility index (Phi) is 6.12. The molecule has 0 spiro atoms. The highest BCUT2D eigenvalue weighted by molar-refractivity contribution is 5.22. The summed E-state index contributed by atoms with van der Waals surface area (Å²) in [5, 5.41) is 12.2. The topological polar surface area (TPSA) is 32.3 Å². The first-order valence-corrected chi connectivity index (χ1v) is 6.18. The first-order chi connectivity index (χ1) is 7.76. The zero-order valence-corrected chi connectivity index (χ0v) is 10.4. The maximum atomic E-state index is 8.73. The number of nitrogens with one attached hydrogen (secondary N) is 1. The van der Waals surface area contributed by atoms with E-state index in [4.69, 9.17) is 5.11 Å². The number of rotatable bonds is 7. The summed E-state index contributed by atoms with van der Waals surface area (Å²) in [5.41, 5.74) is 2.71. The van der Waals surface area contributed by atoms with Crippen LogP contribution >= 0.6 is 0 Å². The van der Waals surface area contributed by atoms with E-state index in [0.717, 1.165) is 25.8 Å². The van der Waals surface area contributed by atoms with E-state index in [-0.39, 0.29) is 6.61 Å². The number of hydrogen-bond donors (Lipinski definition) is 2. The predicted molar refractivity (Wildman–Crippen MR) is 68.4 cm³/mol. The Balaban J connectivity index is 2.30. The quantitative estimate of drug-likeness (QED) is 0.741. The van der Waals surface area contributed by atoms with Gasteiger partial charge in [-0.3, -0.25) is 0 Å². The molecule has 90 valence electrons. The number of aliphatic hydroxyl groups excluding tert-OH is 1. The first-order valence-electron chi connectivity index (χ1n) is 6.18. The van der Waals surface area contributed by atoms with Crippen molar-refractivity contribution in [3.8, 4) is 0 Å². The van der Waals surface area contributed by atoms with Crippen LogP contribution in [-0.4, -0.2) is 17.8 Å². The Labute approximate surface area is 98.7 Å². The minimum Gasteiger partial charge on any atom is -0.396 e. The van der Waals surface area contributed by atoms with Gasteiger partial charge in [0.1, 0.15) is 0 Å². The van der Waals surface area contributed by atoms with Crippen LogP contribution in [0.4, 0.5) is 0 Å². The Morgan fingerprint density at radius 3 is 2.38 bits per heavy atom. The molecule has 1 rings (SSSR count). The molecule has 0 saturated heterocycles. The zero-order chi connectivity index (χ0) is 11.8. The molecule has 0 amide bonds. The van der Waals surface area contributed by atoms with E-state index < -0.39 is 0 Å². The van der Waals surface area contributed by atoms with Crippen LogP contribution in [0.3, 0.4) is 0 Å². The molecule has 1 aromatic rings. The van der Waals surface area contributed by atoms with Gasteiger partial charge < -0.3 is 10.4 Å². The van der Waals surface area contributed by atoms with Crippen molar-refractivity contribution in [1.29, 1.82) is 0 Å². The molecule has 0 heterocycles. The lowest BCUT2D eigenvalue weighted by Gasteiger charge is -2.13. The zero-order valence-electron chi connectivity index (χ0n) is 10.4. The lowest BCUT2D eigenvalue weighted by Crippen LogP contribution is -2.25. The monoisotopic (exact) mass is 221 g/mol. The van der Waals surface area contributed by atoms with Gasteiger partial charge in [-0.15, -0.1) is 0 Å². The molecular formula is C14H23NO. The molecule has 0 aliphatic carbocycles. The fourth-order valence-electron chi connectivity index (χ4n) is 1.68. The summed E-state index contributed by atoms with van der Waals surface area (Å²) >= 11 is 0. The highest BCUT2D eigenvalue weighted by Gasteiger charge is 2.00. The number of aryl methyl sites for hydroxylation is 1. The Morgan fingerprint density at radius 1 is 1.19 bits per heavy atom. The van der Waals surface area contributed by atoms with Gasteiger partial charge in [0.05, 0.1) is 0 Å².